The molecule has 150 valence electrons. The smallest absolute Gasteiger partial charge is 0.268 e. The van der Waals surface area contributed by atoms with Gasteiger partial charge in [0.25, 0.3) is 5.89 Å². The van der Waals surface area contributed by atoms with Crippen LogP contribution in [0.4, 0.5) is 11.5 Å². The maximum absolute atomic E-state index is 6.37. The Bertz CT molecular complexity index is 1040. The van der Waals surface area contributed by atoms with Gasteiger partial charge in [0, 0.05) is 29.7 Å². The molecule has 2 N–H and O–H groups in total. The molecule has 8 nitrogen and oxygen atoms in total. The Balaban J connectivity index is 1.44. The third-order valence-electron chi connectivity index (χ3n) is 5.18. The molecule has 0 radical (unpaired) electrons. The molecule has 1 saturated heterocycles. The van der Waals surface area contributed by atoms with Gasteiger partial charge in [-0.25, -0.2) is 0 Å². The highest BCUT2D eigenvalue weighted by Crippen LogP contribution is 2.33. The van der Waals surface area contributed by atoms with Crippen molar-refractivity contribution in [1.82, 2.24) is 25.7 Å². The van der Waals surface area contributed by atoms with Crippen LogP contribution in [0.1, 0.15) is 30.3 Å². The second-order valence-electron chi connectivity index (χ2n) is 7.14. The zero-order chi connectivity index (χ0) is 19.8. The predicted octanol–water partition coefficient (Wildman–Crippen LogP) is 3.69. The van der Waals surface area contributed by atoms with Gasteiger partial charge in [0.1, 0.15) is 0 Å². The molecule has 2 aromatic heterocycles. The van der Waals surface area contributed by atoms with E-state index in [1.54, 1.807) is 6.07 Å². The first-order chi connectivity index (χ1) is 14.2. The summed E-state index contributed by atoms with van der Waals surface area (Å²) >= 11 is 12.5. The summed E-state index contributed by atoms with van der Waals surface area (Å²) in [5, 5.41) is 24.9. The zero-order valence-electron chi connectivity index (χ0n) is 15.5. The Kier molecular flexibility index (Phi) is 4.99. The highest BCUT2D eigenvalue weighted by atomic mass is 35.5. The fraction of sp³-hybridized carbons (Fsp3) is 0.368. The summed E-state index contributed by atoms with van der Waals surface area (Å²) in [6.45, 7) is 3.13. The maximum atomic E-state index is 6.37. The molecule has 0 saturated carbocycles. The van der Waals surface area contributed by atoms with E-state index in [4.69, 9.17) is 27.6 Å². The van der Waals surface area contributed by atoms with Crippen LogP contribution < -0.4 is 15.5 Å². The van der Waals surface area contributed by atoms with E-state index < -0.39 is 0 Å². The lowest BCUT2D eigenvalue weighted by Crippen LogP contribution is -2.34. The number of benzene rings is 1. The monoisotopic (exact) mass is 431 g/mol. The molecule has 0 aliphatic carbocycles. The molecule has 1 fully saturated rings. The van der Waals surface area contributed by atoms with Gasteiger partial charge in [0.15, 0.2) is 11.5 Å². The van der Waals surface area contributed by atoms with Crippen LogP contribution in [0.5, 0.6) is 0 Å². The molecule has 29 heavy (non-hydrogen) atoms. The first-order valence-electron chi connectivity index (χ1n) is 9.55. The normalized spacial score (nSPS) is 18.6. The van der Waals surface area contributed by atoms with E-state index in [2.05, 4.69) is 35.9 Å². The first-order valence-corrected chi connectivity index (χ1v) is 10.3. The van der Waals surface area contributed by atoms with Gasteiger partial charge in [-0.1, -0.05) is 23.2 Å². The average molecular weight is 432 g/mol. The molecule has 5 rings (SSSR count). The van der Waals surface area contributed by atoms with Crippen LogP contribution in [0.25, 0.3) is 11.6 Å². The number of rotatable bonds is 4. The van der Waals surface area contributed by atoms with Gasteiger partial charge in [-0.3, -0.25) is 0 Å². The fourth-order valence-electron chi connectivity index (χ4n) is 3.69. The Hall–Kier alpha value is -2.42. The number of nitrogens with one attached hydrogen (secondary N) is 2. The lowest BCUT2D eigenvalue weighted by atomic mass is 10.1. The van der Waals surface area contributed by atoms with Crippen LogP contribution in [-0.2, 0) is 6.54 Å². The second kappa shape index (κ2) is 7.78. The number of aromatic nitrogens is 4. The number of halogens is 2. The summed E-state index contributed by atoms with van der Waals surface area (Å²) in [5.74, 6) is 1.68. The molecule has 1 atom stereocenters. The van der Waals surface area contributed by atoms with Gasteiger partial charge in [-0.05, 0) is 49.2 Å². The molecule has 0 amide bonds. The first kappa shape index (κ1) is 18.6. The molecule has 1 unspecified atom stereocenters. The van der Waals surface area contributed by atoms with Crippen LogP contribution in [0.2, 0.25) is 10.0 Å². The number of hydrogen-bond donors (Lipinski definition) is 2. The predicted molar refractivity (Wildman–Crippen MR) is 111 cm³/mol. The Labute approximate surface area is 177 Å². The fourth-order valence-corrected chi connectivity index (χ4v) is 4.06. The minimum atomic E-state index is 0.116. The third kappa shape index (κ3) is 3.75. The number of hydrogen-bond acceptors (Lipinski definition) is 8. The average Bonchev–Trinajstić information content (AvgIpc) is 3.42. The molecule has 0 bridgehead atoms. The molecular weight excluding hydrogens is 413 g/mol. The van der Waals surface area contributed by atoms with E-state index in [-0.39, 0.29) is 6.04 Å². The quantitative estimate of drug-likeness (QED) is 0.645. The van der Waals surface area contributed by atoms with E-state index in [0.717, 1.165) is 49.5 Å². The van der Waals surface area contributed by atoms with Gasteiger partial charge in [-0.2, -0.15) is 0 Å². The zero-order valence-corrected chi connectivity index (χ0v) is 17.0. The molecular formula is C19H19Cl2N7O. The molecule has 10 heteroatoms. The topological polar surface area (TPSA) is 92.0 Å². The SMILES string of the molecule is Clc1ccc(Cl)c(CN2CCNc3nnc(-c4nnc(C5CCCN5)o4)cc32)c1. The van der Waals surface area contributed by atoms with Crippen molar-refractivity contribution in [3.8, 4) is 11.6 Å². The molecule has 2 aliphatic heterocycles. The Morgan fingerprint density at radius 1 is 1.10 bits per heavy atom. The molecule has 3 aromatic rings. The molecule has 4 heterocycles. The standard InChI is InChI=1S/C19H19Cl2N7O/c20-12-3-4-13(21)11(8-12)10-28-7-6-23-17-16(28)9-15(24-25-17)19-27-26-18(29-19)14-2-1-5-22-14/h3-4,8-9,14,22H,1-2,5-7,10H2,(H,23,25). The highest BCUT2D eigenvalue weighted by molar-refractivity contribution is 6.33. The summed E-state index contributed by atoms with van der Waals surface area (Å²) in [6.07, 6.45) is 2.10. The molecule has 1 aromatic carbocycles. The molecule has 0 spiro atoms. The van der Waals surface area contributed by atoms with E-state index in [0.29, 0.717) is 34.1 Å². The van der Waals surface area contributed by atoms with Crippen molar-refractivity contribution in [2.45, 2.75) is 25.4 Å². The molecule has 2 aliphatic rings. The van der Waals surface area contributed by atoms with Crippen molar-refractivity contribution < 1.29 is 4.42 Å². The lowest BCUT2D eigenvalue weighted by molar-refractivity contribution is 0.436. The summed E-state index contributed by atoms with van der Waals surface area (Å²) in [4.78, 5) is 2.19. The van der Waals surface area contributed by atoms with Crippen molar-refractivity contribution in [3.05, 3.63) is 45.8 Å². The van der Waals surface area contributed by atoms with Crippen molar-refractivity contribution in [2.75, 3.05) is 29.9 Å². The summed E-state index contributed by atoms with van der Waals surface area (Å²) in [7, 11) is 0. The van der Waals surface area contributed by atoms with Crippen molar-refractivity contribution in [3.63, 3.8) is 0 Å². The van der Waals surface area contributed by atoms with Crippen molar-refractivity contribution >= 4 is 34.7 Å². The third-order valence-corrected chi connectivity index (χ3v) is 5.78. The highest BCUT2D eigenvalue weighted by Gasteiger charge is 2.25. The number of fused-ring (bicyclic) bond motifs is 1. The van der Waals surface area contributed by atoms with E-state index in [1.165, 1.54) is 0 Å². The number of anilines is 2. The minimum Gasteiger partial charge on any atom is -0.417 e. The van der Waals surface area contributed by atoms with E-state index in [1.807, 2.05) is 18.2 Å². The Morgan fingerprint density at radius 3 is 2.90 bits per heavy atom. The van der Waals surface area contributed by atoms with Crippen LogP contribution in [0.15, 0.2) is 28.7 Å². The van der Waals surface area contributed by atoms with Crippen LogP contribution in [0.3, 0.4) is 0 Å². The largest absolute Gasteiger partial charge is 0.417 e. The van der Waals surface area contributed by atoms with Gasteiger partial charge in [-0.15, -0.1) is 20.4 Å². The summed E-state index contributed by atoms with van der Waals surface area (Å²) < 4.78 is 5.87. The summed E-state index contributed by atoms with van der Waals surface area (Å²) in [5.41, 5.74) is 2.42. The van der Waals surface area contributed by atoms with Crippen LogP contribution in [0, 0.1) is 0 Å². The van der Waals surface area contributed by atoms with Gasteiger partial charge in [0.05, 0.1) is 11.7 Å². The maximum Gasteiger partial charge on any atom is 0.268 e. The van der Waals surface area contributed by atoms with Gasteiger partial charge >= 0.3 is 0 Å². The van der Waals surface area contributed by atoms with Crippen LogP contribution in [-0.4, -0.2) is 40.0 Å². The van der Waals surface area contributed by atoms with E-state index >= 15 is 0 Å². The minimum absolute atomic E-state index is 0.116. The van der Waals surface area contributed by atoms with Gasteiger partial charge < -0.3 is 20.0 Å². The van der Waals surface area contributed by atoms with Crippen molar-refractivity contribution in [1.29, 1.82) is 0 Å². The lowest BCUT2D eigenvalue weighted by Gasteiger charge is -2.31. The summed E-state index contributed by atoms with van der Waals surface area (Å²) in [6, 6.07) is 7.53. The van der Waals surface area contributed by atoms with E-state index in [9.17, 15) is 0 Å². The second-order valence-corrected chi connectivity index (χ2v) is 7.99. The van der Waals surface area contributed by atoms with Crippen LogP contribution >= 0.6 is 23.2 Å². The Morgan fingerprint density at radius 2 is 2.03 bits per heavy atom. The van der Waals surface area contributed by atoms with Gasteiger partial charge in [0.2, 0.25) is 5.89 Å². The number of nitrogens with zero attached hydrogens (tertiary/aromatic N) is 5. The van der Waals surface area contributed by atoms with Crippen molar-refractivity contribution in [2.24, 2.45) is 0 Å².